The van der Waals surface area contributed by atoms with Crippen molar-refractivity contribution in [2.24, 2.45) is 0 Å². The molecule has 1 unspecified atom stereocenters. The molecule has 0 bridgehead atoms. The Labute approximate surface area is 126 Å². The highest BCUT2D eigenvalue weighted by Crippen LogP contribution is 2.42. The number of hydrogen-bond acceptors (Lipinski definition) is 6. The number of nitrogens with one attached hydrogen (secondary N) is 1. The predicted octanol–water partition coefficient (Wildman–Crippen LogP) is 2.55. The molecule has 0 amide bonds. The normalized spacial score (nSPS) is 16.8. The number of ether oxygens (including phenoxy) is 1. The standard InChI is InChI=1S/C16H15NO5/c1-17-10-4-8(2-3-11(10)19)14-7-13(21)16-12(20)5-9(18)6-15(16)22-14/h2-6,14,17-20H,7H2,1H3. The first-order valence-corrected chi connectivity index (χ1v) is 6.76. The molecule has 1 aliphatic rings. The summed E-state index contributed by atoms with van der Waals surface area (Å²) in [5, 5.41) is 31.8. The van der Waals surface area contributed by atoms with Crippen LogP contribution in [0.4, 0.5) is 5.69 Å². The van der Waals surface area contributed by atoms with Crippen molar-refractivity contribution in [1.29, 1.82) is 0 Å². The Kier molecular flexibility index (Phi) is 3.29. The van der Waals surface area contributed by atoms with E-state index in [2.05, 4.69) is 5.32 Å². The van der Waals surface area contributed by atoms with E-state index < -0.39 is 6.10 Å². The summed E-state index contributed by atoms with van der Waals surface area (Å²) in [6.07, 6.45) is -0.479. The van der Waals surface area contributed by atoms with E-state index in [0.717, 1.165) is 6.07 Å². The molecule has 6 nitrogen and oxygen atoms in total. The molecule has 4 N–H and O–H groups in total. The van der Waals surface area contributed by atoms with E-state index in [9.17, 15) is 20.1 Å². The predicted molar refractivity (Wildman–Crippen MR) is 79.7 cm³/mol. The number of carbonyl (C=O) groups excluding carboxylic acids is 1. The SMILES string of the molecule is CNc1cc(C2CC(=O)c3c(O)cc(O)cc3O2)ccc1O. The zero-order valence-corrected chi connectivity index (χ0v) is 11.8. The maximum absolute atomic E-state index is 12.2. The number of aromatic hydroxyl groups is 3. The number of benzene rings is 2. The quantitative estimate of drug-likeness (QED) is 0.636. The molecular formula is C16H15NO5. The van der Waals surface area contributed by atoms with Crippen LogP contribution in [0.15, 0.2) is 30.3 Å². The van der Waals surface area contributed by atoms with Crippen molar-refractivity contribution in [3.05, 3.63) is 41.5 Å². The van der Waals surface area contributed by atoms with E-state index in [1.165, 1.54) is 12.1 Å². The van der Waals surface area contributed by atoms with Crippen molar-refractivity contribution in [2.75, 3.05) is 12.4 Å². The molecule has 22 heavy (non-hydrogen) atoms. The van der Waals surface area contributed by atoms with Crippen LogP contribution in [0, 0.1) is 0 Å². The summed E-state index contributed by atoms with van der Waals surface area (Å²) in [5.41, 5.74) is 1.32. The van der Waals surface area contributed by atoms with Gasteiger partial charge in [-0.3, -0.25) is 4.79 Å². The molecule has 1 heterocycles. The minimum atomic E-state index is -0.547. The Morgan fingerprint density at radius 3 is 2.64 bits per heavy atom. The van der Waals surface area contributed by atoms with Crippen LogP contribution >= 0.6 is 0 Å². The molecule has 2 aromatic rings. The topological polar surface area (TPSA) is 99.0 Å². The number of phenolic OH excluding ortho intramolecular Hbond substituents is 3. The summed E-state index contributed by atoms with van der Waals surface area (Å²) in [7, 11) is 1.68. The van der Waals surface area contributed by atoms with Crippen LogP contribution < -0.4 is 10.1 Å². The van der Waals surface area contributed by atoms with Gasteiger partial charge in [-0.1, -0.05) is 6.07 Å². The zero-order valence-electron chi connectivity index (χ0n) is 11.8. The highest BCUT2D eigenvalue weighted by Gasteiger charge is 2.31. The van der Waals surface area contributed by atoms with E-state index in [1.54, 1.807) is 19.2 Å². The third kappa shape index (κ3) is 2.28. The smallest absolute Gasteiger partial charge is 0.174 e. The van der Waals surface area contributed by atoms with Crippen molar-refractivity contribution in [3.8, 4) is 23.0 Å². The number of anilines is 1. The molecule has 0 saturated carbocycles. The molecule has 0 aromatic heterocycles. The van der Waals surface area contributed by atoms with Gasteiger partial charge in [0.1, 0.15) is 34.7 Å². The van der Waals surface area contributed by atoms with Crippen LogP contribution in [0.1, 0.15) is 28.4 Å². The molecule has 0 fully saturated rings. The van der Waals surface area contributed by atoms with Gasteiger partial charge in [0, 0.05) is 19.2 Å². The van der Waals surface area contributed by atoms with Crippen LogP contribution in [0.5, 0.6) is 23.0 Å². The van der Waals surface area contributed by atoms with Gasteiger partial charge in [0.25, 0.3) is 0 Å². The first kappa shape index (κ1) is 14.1. The van der Waals surface area contributed by atoms with Gasteiger partial charge in [0.2, 0.25) is 0 Å². The molecule has 6 heteroatoms. The molecule has 0 aliphatic carbocycles. The van der Waals surface area contributed by atoms with Crippen LogP contribution in [-0.2, 0) is 0 Å². The van der Waals surface area contributed by atoms with Gasteiger partial charge in [-0.15, -0.1) is 0 Å². The molecule has 0 saturated heterocycles. The van der Waals surface area contributed by atoms with E-state index in [1.807, 2.05) is 0 Å². The number of phenols is 3. The summed E-state index contributed by atoms with van der Waals surface area (Å²) in [5.74, 6) is -0.476. The number of ketones is 1. The van der Waals surface area contributed by atoms with Crippen LogP contribution in [0.3, 0.4) is 0 Å². The van der Waals surface area contributed by atoms with Crippen molar-refractivity contribution < 1.29 is 24.9 Å². The highest BCUT2D eigenvalue weighted by atomic mass is 16.5. The van der Waals surface area contributed by atoms with Gasteiger partial charge in [0.05, 0.1) is 12.1 Å². The Balaban J connectivity index is 2.00. The van der Waals surface area contributed by atoms with Crippen molar-refractivity contribution in [1.82, 2.24) is 0 Å². The lowest BCUT2D eigenvalue weighted by Gasteiger charge is -2.26. The van der Waals surface area contributed by atoms with Crippen LogP contribution in [-0.4, -0.2) is 28.2 Å². The van der Waals surface area contributed by atoms with Crippen LogP contribution in [0.25, 0.3) is 0 Å². The van der Waals surface area contributed by atoms with E-state index >= 15 is 0 Å². The number of hydrogen-bond donors (Lipinski definition) is 4. The van der Waals surface area contributed by atoms with Gasteiger partial charge < -0.3 is 25.4 Å². The fourth-order valence-electron chi connectivity index (χ4n) is 2.57. The monoisotopic (exact) mass is 301 g/mol. The van der Waals surface area contributed by atoms with Crippen LogP contribution in [0.2, 0.25) is 0 Å². The number of Topliss-reactive ketones (excluding diaryl/α,β-unsaturated/α-hetero) is 1. The molecule has 2 aromatic carbocycles. The molecule has 0 radical (unpaired) electrons. The van der Waals surface area contributed by atoms with E-state index in [4.69, 9.17) is 4.74 Å². The summed E-state index contributed by atoms with van der Waals surface area (Å²) in [4.78, 5) is 12.2. The Bertz CT molecular complexity index is 756. The minimum absolute atomic E-state index is 0.0687. The molecule has 1 atom stereocenters. The lowest BCUT2D eigenvalue weighted by molar-refractivity contribution is 0.0845. The van der Waals surface area contributed by atoms with E-state index in [0.29, 0.717) is 11.3 Å². The molecule has 1 aliphatic heterocycles. The summed E-state index contributed by atoms with van der Waals surface area (Å²) >= 11 is 0. The Morgan fingerprint density at radius 1 is 1.14 bits per heavy atom. The van der Waals surface area contributed by atoms with E-state index in [-0.39, 0.29) is 40.8 Å². The molecule has 114 valence electrons. The van der Waals surface area contributed by atoms with Crippen molar-refractivity contribution >= 4 is 11.5 Å². The van der Waals surface area contributed by atoms with Crippen molar-refractivity contribution in [3.63, 3.8) is 0 Å². The van der Waals surface area contributed by atoms with Gasteiger partial charge in [-0.25, -0.2) is 0 Å². The third-order valence-electron chi connectivity index (χ3n) is 3.65. The maximum Gasteiger partial charge on any atom is 0.174 e. The maximum atomic E-state index is 12.2. The van der Waals surface area contributed by atoms with Gasteiger partial charge in [-0.2, -0.15) is 0 Å². The average molecular weight is 301 g/mol. The third-order valence-corrected chi connectivity index (χ3v) is 3.65. The Hall–Kier alpha value is -2.89. The number of fused-ring (bicyclic) bond motifs is 1. The Morgan fingerprint density at radius 2 is 1.91 bits per heavy atom. The van der Waals surface area contributed by atoms with Crippen molar-refractivity contribution in [2.45, 2.75) is 12.5 Å². The molecule has 3 rings (SSSR count). The number of rotatable bonds is 2. The first-order valence-electron chi connectivity index (χ1n) is 6.76. The van der Waals surface area contributed by atoms with Gasteiger partial charge >= 0.3 is 0 Å². The lowest BCUT2D eigenvalue weighted by atomic mass is 9.95. The largest absolute Gasteiger partial charge is 0.508 e. The minimum Gasteiger partial charge on any atom is -0.508 e. The summed E-state index contributed by atoms with van der Waals surface area (Å²) in [6, 6.07) is 7.30. The summed E-state index contributed by atoms with van der Waals surface area (Å²) in [6.45, 7) is 0. The first-order chi connectivity index (χ1) is 10.5. The summed E-state index contributed by atoms with van der Waals surface area (Å²) < 4.78 is 5.74. The molecule has 0 spiro atoms. The lowest BCUT2D eigenvalue weighted by Crippen LogP contribution is -2.20. The zero-order chi connectivity index (χ0) is 15.9. The fraction of sp³-hybridized carbons (Fsp3) is 0.188. The highest BCUT2D eigenvalue weighted by molar-refractivity contribution is 6.02. The van der Waals surface area contributed by atoms with Gasteiger partial charge in [0.15, 0.2) is 5.78 Å². The average Bonchev–Trinajstić information content (AvgIpc) is 2.46. The second-order valence-corrected chi connectivity index (χ2v) is 5.10. The second kappa shape index (κ2) is 5.14. The fourth-order valence-corrected chi connectivity index (χ4v) is 2.57. The van der Waals surface area contributed by atoms with Gasteiger partial charge in [-0.05, 0) is 17.7 Å². The molecular weight excluding hydrogens is 286 g/mol. The number of carbonyl (C=O) groups is 1. The second-order valence-electron chi connectivity index (χ2n) is 5.10.